The lowest BCUT2D eigenvalue weighted by atomic mass is 10.1. The molecule has 0 bridgehead atoms. The lowest BCUT2D eigenvalue weighted by molar-refractivity contribution is -0.137. The molecule has 7 nitrogen and oxygen atoms in total. The molecular weight excluding hydrogens is 401 g/mol. The van der Waals surface area contributed by atoms with Crippen LogP contribution in [-0.2, 0) is 16.0 Å². The predicted octanol–water partition coefficient (Wildman–Crippen LogP) is 1.81. The molecule has 148 valence electrons. The van der Waals surface area contributed by atoms with Gasteiger partial charge in [0.15, 0.2) is 9.84 Å². The molecule has 28 heavy (non-hydrogen) atoms. The van der Waals surface area contributed by atoms with E-state index in [4.69, 9.17) is 0 Å². The third-order valence-corrected chi connectivity index (χ3v) is 5.41. The molecule has 1 amide bonds. The van der Waals surface area contributed by atoms with Crippen LogP contribution in [0.15, 0.2) is 46.6 Å². The maximum Gasteiger partial charge on any atom is 0.416 e. The monoisotopic (exact) mass is 414 g/mol. The van der Waals surface area contributed by atoms with Crippen LogP contribution < -0.4 is 10.9 Å². The van der Waals surface area contributed by atoms with Gasteiger partial charge in [0.25, 0.3) is 11.5 Å². The number of hydrogen-bond acceptors (Lipinski definition) is 5. The van der Waals surface area contributed by atoms with Crippen LogP contribution in [0, 0.1) is 0 Å². The zero-order valence-electron chi connectivity index (χ0n) is 13.9. The Bertz CT molecular complexity index is 1120. The summed E-state index contributed by atoms with van der Waals surface area (Å²) in [4.78, 5) is 26.6. The van der Waals surface area contributed by atoms with E-state index in [0.717, 1.165) is 35.7 Å². The van der Waals surface area contributed by atoms with Gasteiger partial charge in [-0.1, -0.05) is 12.1 Å². The summed E-state index contributed by atoms with van der Waals surface area (Å²) >= 11 is 0. The van der Waals surface area contributed by atoms with Crippen molar-refractivity contribution in [3.63, 3.8) is 0 Å². The van der Waals surface area contributed by atoms with Crippen molar-refractivity contribution in [1.82, 2.24) is 10.3 Å². The highest BCUT2D eigenvalue weighted by Gasteiger charge is 2.30. The zero-order valence-corrected chi connectivity index (χ0v) is 14.8. The number of hydrogen-bond donors (Lipinski definition) is 3. The summed E-state index contributed by atoms with van der Waals surface area (Å²) in [5.74, 6) is -1.77. The quantitative estimate of drug-likeness (QED) is 0.708. The van der Waals surface area contributed by atoms with Crippen molar-refractivity contribution in [2.24, 2.45) is 0 Å². The van der Waals surface area contributed by atoms with E-state index in [9.17, 15) is 36.3 Å². The third kappa shape index (κ3) is 4.09. The summed E-state index contributed by atoms with van der Waals surface area (Å²) in [6.07, 6.45) is -3.27. The molecule has 1 aliphatic heterocycles. The van der Waals surface area contributed by atoms with Gasteiger partial charge >= 0.3 is 6.18 Å². The van der Waals surface area contributed by atoms with Crippen LogP contribution in [-0.4, -0.2) is 36.2 Å². The molecule has 0 spiro atoms. The van der Waals surface area contributed by atoms with Gasteiger partial charge in [0.2, 0.25) is 0 Å². The Morgan fingerprint density at radius 2 is 1.86 bits per heavy atom. The molecule has 1 aromatic heterocycles. The topological polar surface area (TPSA) is 116 Å². The molecule has 0 fully saturated rings. The van der Waals surface area contributed by atoms with Crippen LogP contribution in [0.1, 0.15) is 15.9 Å². The van der Waals surface area contributed by atoms with Gasteiger partial charge in [0.05, 0.1) is 23.1 Å². The minimum atomic E-state index is -4.53. The summed E-state index contributed by atoms with van der Waals surface area (Å²) in [5, 5.41) is 13.4. The number of carbonyl (C=O) groups excluding carboxylic acids is 1. The molecule has 11 heteroatoms. The number of H-pyrrole nitrogens is 1. The predicted molar refractivity (Wildman–Crippen MR) is 93.3 cm³/mol. The van der Waals surface area contributed by atoms with E-state index in [0.29, 0.717) is 0 Å². The SMILES string of the molecule is O=C(NC1C=CS(=O)(=O)C1)c1cc(O)c(-c2ccc(C(F)(F)F)cc2)[nH]c1=O. The molecule has 0 radical (unpaired) electrons. The van der Waals surface area contributed by atoms with Gasteiger partial charge in [-0.2, -0.15) is 13.2 Å². The minimum Gasteiger partial charge on any atom is -0.506 e. The Morgan fingerprint density at radius 1 is 1.21 bits per heavy atom. The van der Waals surface area contributed by atoms with Gasteiger partial charge in [0, 0.05) is 17.0 Å². The van der Waals surface area contributed by atoms with Crippen molar-refractivity contribution >= 4 is 15.7 Å². The second kappa shape index (κ2) is 6.82. The number of amides is 1. The van der Waals surface area contributed by atoms with Crippen molar-refractivity contribution in [2.45, 2.75) is 12.2 Å². The minimum absolute atomic E-state index is 0.111. The van der Waals surface area contributed by atoms with Gasteiger partial charge in [-0.3, -0.25) is 9.59 Å². The fraction of sp³-hybridized carbons (Fsp3) is 0.176. The summed E-state index contributed by atoms with van der Waals surface area (Å²) < 4.78 is 60.6. The Hall–Kier alpha value is -3.08. The molecule has 1 atom stereocenters. The number of rotatable bonds is 3. The Balaban J connectivity index is 1.86. The van der Waals surface area contributed by atoms with Gasteiger partial charge < -0.3 is 15.4 Å². The maximum absolute atomic E-state index is 12.6. The summed E-state index contributed by atoms with van der Waals surface area (Å²) in [5.41, 5.74) is -2.30. The first-order valence-electron chi connectivity index (χ1n) is 7.82. The molecule has 0 saturated carbocycles. The Labute approximate surface area is 156 Å². The Morgan fingerprint density at radius 3 is 2.39 bits per heavy atom. The first-order valence-corrected chi connectivity index (χ1v) is 9.53. The third-order valence-electron chi connectivity index (χ3n) is 4.01. The van der Waals surface area contributed by atoms with Crippen LogP contribution in [0.5, 0.6) is 5.75 Å². The van der Waals surface area contributed by atoms with Gasteiger partial charge in [-0.25, -0.2) is 8.42 Å². The molecule has 1 aromatic carbocycles. The number of sulfone groups is 1. The Kier molecular flexibility index (Phi) is 4.79. The van der Waals surface area contributed by atoms with Gasteiger partial charge in [-0.15, -0.1) is 0 Å². The summed E-state index contributed by atoms with van der Waals surface area (Å²) in [7, 11) is -3.41. The van der Waals surface area contributed by atoms with Crippen molar-refractivity contribution in [3.8, 4) is 17.0 Å². The highest BCUT2D eigenvalue weighted by atomic mass is 32.2. The van der Waals surface area contributed by atoms with Crippen molar-refractivity contribution in [2.75, 3.05) is 5.75 Å². The van der Waals surface area contributed by atoms with E-state index in [1.807, 2.05) is 0 Å². The number of halogens is 3. The molecule has 2 heterocycles. The molecule has 1 aliphatic rings. The van der Waals surface area contributed by atoms with Crippen LogP contribution in [0.4, 0.5) is 13.2 Å². The number of aromatic hydroxyl groups is 1. The van der Waals surface area contributed by atoms with Crippen molar-refractivity contribution in [1.29, 1.82) is 0 Å². The number of alkyl halides is 3. The van der Waals surface area contributed by atoms with Gasteiger partial charge in [0.1, 0.15) is 11.3 Å². The number of benzene rings is 1. The highest BCUT2D eigenvalue weighted by Crippen LogP contribution is 2.32. The molecule has 3 rings (SSSR count). The zero-order chi connectivity index (χ0) is 20.7. The summed E-state index contributed by atoms with van der Waals surface area (Å²) in [6.45, 7) is 0. The van der Waals surface area contributed by atoms with E-state index in [-0.39, 0.29) is 17.0 Å². The van der Waals surface area contributed by atoms with E-state index in [1.54, 1.807) is 0 Å². The average Bonchev–Trinajstić information content (AvgIpc) is 2.94. The first kappa shape index (κ1) is 19.7. The lowest BCUT2D eigenvalue weighted by Crippen LogP contribution is -2.38. The molecule has 0 aliphatic carbocycles. The van der Waals surface area contributed by atoms with Crippen LogP contribution in [0.25, 0.3) is 11.3 Å². The molecule has 1 unspecified atom stereocenters. The number of aromatic amines is 1. The molecular formula is C17H13F3N2O5S. The van der Waals surface area contributed by atoms with Crippen molar-refractivity contribution < 1.29 is 31.5 Å². The standard InChI is InChI=1S/C17H13F3N2O5S/c18-17(19,20)10-3-1-9(2-4-10)14-13(23)7-12(16(25)22-14)15(24)21-11-5-6-28(26,27)8-11/h1-7,11,23H,8H2,(H,21,24)(H,22,25). The largest absolute Gasteiger partial charge is 0.506 e. The van der Waals surface area contributed by atoms with Crippen molar-refractivity contribution in [3.05, 3.63) is 63.3 Å². The normalized spacial score (nSPS) is 18.2. The second-order valence-corrected chi connectivity index (χ2v) is 8.02. The van der Waals surface area contributed by atoms with E-state index >= 15 is 0 Å². The van der Waals surface area contributed by atoms with Crippen LogP contribution >= 0.6 is 0 Å². The molecule has 2 aromatic rings. The fourth-order valence-corrected chi connectivity index (χ4v) is 3.88. The number of carbonyl (C=O) groups is 1. The number of aromatic nitrogens is 1. The molecule has 3 N–H and O–H groups in total. The number of pyridine rings is 1. The molecule has 0 saturated heterocycles. The maximum atomic E-state index is 12.6. The average molecular weight is 414 g/mol. The van der Waals surface area contributed by atoms with E-state index < -0.39 is 50.4 Å². The van der Waals surface area contributed by atoms with E-state index in [2.05, 4.69) is 10.3 Å². The van der Waals surface area contributed by atoms with Crippen LogP contribution in [0.2, 0.25) is 0 Å². The first-order chi connectivity index (χ1) is 13.0. The summed E-state index contributed by atoms with van der Waals surface area (Å²) in [6, 6.07) is 3.78. The number of nitrogens with one attached hydrogen (secondary N) is 2. The lowest BCUT2D eigenvalue weighted by Gasteiger charge is -2.12. The fourth-order valence-electron chi connectivity index (χ4n) is 2.65. The van der Waals surface area contributed by atoms with E-state index in [1.165, 1.54) is 6.08 Å². The van der Waals surface area contributed by atoms with Gasteiger partial charge in [-0.05, 0) is 18.2 Å². The highest BCUT2D eigenvalue weighted by molar-refractivity contribution is 7.94. The van der Waals surface area contributed by atoms with Crippen LogP contribution in [0.3, 0.4) is 0 Å². The smallest absolute Gasteiger partial charge is 0.416 e. The second-order valence-electron chi connectivity index (χ2n) is 6.09.